The number of benzene rings is 3. The van der Waals surface area contributed by atoms with E-state index in [-0.39, 0.29) is 5.91 Å². The number of likely N-dealkylation sites (tertiary alicyclic amines) is 1. The molecule has 2 atom stereocenters. The van der Waals surface area contributed by atoms with E-state index in [1.54, 1.807) is 31.3 Å². The normalized spacial score (nSPS) is 19.6. The summed E-state index contributed by atoms with van der Waals surface area (Å²) in [5.74, 6) is 0.484. The Balaban J connectivity index is 1.77. The van der Waals surface area contributed by atoms with Crippen molar-refractivity contribution in [1.82, 2.24) is 4.90 Å². The van der Waals surface area contributed by atoms with Crippen molar-refractivity contribution in [2.24, 2.45) is 5.41 Å². The van der Waals surface area contributed by atoms with Crippen LogP contribution in [0, 0.1) is 5.41 Å². The highest BCUT2D eigenvalue weighted by Crippen LogP contribution is 2.53. The minimum Gasteiger partial charge on any atom is -0.497 e. The van der Waals surface area contributed by atoms with E-state index in [4.69, 9.17) is 14.2 Å². The predicted octanol–water partition coefficient (Wildman–Crippen LogP) is 4.66. The Morgan fingerprint density at radius 2 is 1.59 bits per heavy atom. The molecule has 1 amide bonds. The van der Waals surface area contributed by atoms with Crippen LogP contribution in [0.3, 0.4) is 0 Å². The number of esters is 1. The standard InChI is InChI=1S/C28H27NO5/c1-32-23-15-13-20(14-16-23)19-29-25(22-10-5-4-6-11-22)28(26(29)30,27(31)34-3)18-17-21-9-7-8-12-24(21)33-2/h4-18,25H,19H2,1-3H3/b18-17+/t25-,28+/m1/s1. The van der Waals surface area contributed by atoms with Crippen LogP contribution in [-0.4, -0.2) is 38.1 Å². The Hall–Kier alpha value is -4.06. The zero-order chi connectivity index (χ0) is 24.1. The molecule has 4 rings (SSSR count). The third-order valence-corrected chi connectivity index (χ3v) is 6.17. The number of hydrogen-bond acceptors (Lipinski definition) is 5. The van der Waals surface area contributed by atoms with Gasteiger partial charge in [0.25, 0.3) is 0 Å². The lowest BCUT2D eigenvalue weighted by molar-refractivity contribution is -0.184. The molecule has 0 aliphatic carbocycles. The minimum absolute atomic E-state index is 0.310. The van der Waals surface area contributed by atoms with Gasteiger partial charge in [-0.25, -0.2) is 0 Å². The van der Waals surface area contributed by atoms with Crippen LogP contribution in [0.5, 0.6) is 11.5 Å². The molecule has 34 heavy (non-hydrogen) atoms. The van der Waals surface area contributed by atoms with Crippen LogP contribution < -0.4 is 9.47 Å². The number of carbonyl (C=O) groups excluding carboxylic acids is 2. The highest BCUT2D eigenvalue weighted by molar-refractivity contribution is 6.11. The fraction of sp³-hybridized carbons (Fsp3) is 0.214. The van der Waals surface area contributed by atoms with Gasteiger partial charge in [0.15, 0.2) is 5.41 Å². The van der Waals surface area contributed by atoms with Crippen molar-refractivity contribution >= 4 is 18.0 Å². The van der Waals surface area contributed by atoms with Crippen molar-refractivity contribution in [1.29, 1.82) is 0 Å². The maximum atomic E-state index is 13.7. The first kappa shape index (κ1) is 23.1. The summed E-state index contributed by atoms with van der Waals surface area (Å²) in [7, 11) is 4.50. The van der Waals surface area contributed by atoms with E-state index < -0.39 is 17.4 Å². The third-order valence-electron chi connectivity index (χ3n) is 6.17. The summed E-state index contributed by atoms with van der Waals surface area (Å²) in [4.78, 5) is 28.6. The van der Waals surface area contributed by atoms with Crippen LogP contribution in [0.4, 0.5) is 0 Å². The topological polar surface area (TPSA) is 65.1 Å². The molecule has 1 heterocycles. The number of carbonyl (C=O) groups is 2. The van der Waals surface area contributed by atoms with Crippen LogP contribution >= 0.6 is 0 Å². The van der Waals surface area contributed by atoms with Gasteiger partial charge in [-0.05, 0) is 29.3 Å². The summed E-state index contributed by atoms with van der Waals surface area (Å²) in [6.07, 6.45) is 3.41. The maximum Gasteiger partial charge on any atom is 0.327 e. The molecule has 0 N–H and O–H groups in total. The van der Waals surface area contributed by atoms with Gasteiger partial charge in [-0.15, -0.1) is 0 Å². The second-order valence-electron chi connectivity index (χ2n) is 8.03. The Labute approximate surface area is 199 Å². The number of rotatable bonds is 8. The first-order valence-electron chi connectivity index (χ1n) is 10.9. The first-order chi connectivity index (χ1) is 16.5. The molecule has 0 saturated carbocycles. The van der Waals surface area contributed by atoms with Crippen molar-refractivity contribution in [3.63, 3.8) is 0 Å². The van der Waals surface area contributed by atoms with Gasteiger partial charge in [-0.2, -0.15) is 0 Å². The van der Waals surface area contributed by atoms with Crippen molar-refractivity contribution in [2.45, 2.75) is 12.6 Å². The van der Waals surface area contributed by atoms with E-state index in [0.29, 0.717) is 12.3 Å². The van der Waals surface area contributed by atoms with E-state index >= 15 is 0 Å². The second kappa shape index (κ2) is 9.83. The lowest BCUT2D eigenvalue weighted by Crippen LogP contribution is -2.65. The van der Waals surface area contributed by atoms with Crippen molar-refractivity contribution in [3.8, 4) is 11.5 Å². The van der Waals surface area contributed by atoms with Crippen molar-refractivity contribution < 1.29 is 23.8 Å². The molecule has 1 saturated heterocycles. The van der Waals surface area contributed by atoms with Crippen LogP contribution in [0.25, 0.3) is 6.08 Å². The number of nitrogens with zero attached hydrogens (tertiary/aromatic N) is 1. The van der Waals surface area contributed by atoms with Crippen LogP contribution in [-0.2, 0) is 20.9 Å². The molecular formula is C28H27NO5. The number of para-hydroxylation sites is 1. The molecule has 0 spiro atoms. The van der Waals surface area contributed by atoms with E-state index in [2.05, 4.69) is 0 Å². The Kier molecular flexibility index (Phi) is 6.68. The van der Waals surface area contributed by atoms with Crippen molar-refractivity contribution in [3.05, 3.63) is 102 Å². The summed E-state index contributed by atoms with van der Waals surface area (Å²) >= 11 is 0. The largest absolute Gasteiger partial charge is 0.497 e. The number of methoxy groups -OCH3 is 3. The molecule has 6 heteroatoms. The molecule has 1 fully saturated rings. The number of β-lactam (4-membered cyclic amide) rings is 1. The van der Waals surface area contributed by atoms with Gasteiger partial charge in [0.05, 0.1) is 27.4 Å². The molecule has 3 aromatic rings. The van der Waals surface area contributed by atoms with Gasteiger partial charge in [0, 0.05) is 12.1 Å². The molecule has 0 aromatic heterocycles. The molecule has 0 radical (unpaired) electrons. The molecule has 174 valence electrons. The summed E-state index contributed by atoms with van der Waals surface area (Å²) in [5.41, 5.74) is 1.07. The van der Waals surface area contributed by atoms with E-state index in [0.717, 1.165) is 22.4 Å². The number of ether oxygens (including phenoxy) is 3. The van der Waals surface area contributed by atoms with Gasteiger partial charge < -0.3 is 19.1 Å². The number of amides is 1. The lowest BCUT2D eigenvalue weighted by Gasteiger charge is -2.53. The van der Waals surface area contributed by atoms with E-state index in [9.17, 15) is 9.59 Å². The molecule has 0 unspecified atom stereocenters. The van der Waals surface area contributed by atoms with Crippen LogP contribution in [0.15, 0.2) is 84.9 Å². The zero-order valence-corrected chi connectivity index (χ0v) is 19.4. The number of hydrogen-bond donors (Lipinski definition) is 0. The first-order valence-corrected chi connectivity index (χ1v) is 10.9. The Morgan fingerprint density at radius 1 is 0.912 bits per heavy atom. The van der Waals surface area contributed by atoms with Gasteiger partial charge in [-0.3, -0.25) is 9.59 Å². The lowest BCUT2D eigenvalue weighted by atomic mass is 9.67. The van der Waals surface area contributed by atoms with Crippen LogP contribution in [0.1, 0.15) is 22.7 Å². The Bertz CT molecular complexity index is 1190. The van der Waals surface area contributed by atoms with E-state index in [1.165, 1.54) is 7.11 Å². The van der Waals surface area contributed by atoms with E-state index in [1.807, 2.05) is 78.9 Å². The van der Waals surface area contributed by atoms with Gasteiger partial charge in [0.1, 0.15) is 11.5 Å². The monoisotopic (exact) mass is 457 g/mol. The molecule has 3 aromatic carbocycles. The zero-order valence-electron chi connectivity index (χ0n) is 19.4. The second-order valence-corrected chi connectivity index (χ2v) is 8.03. The predicted molar refractivity (Wildman–Crippen MR) is 129 cm³/mol. The molecule has 6 nitrogen and oxygen atoms in total. The fourth-order valence-electron chi connectivity index (χ4n) is 4.44. The molecule has 1 aliphatic heterocycles. The third kappa shape index (κ3) is 4.03. The van der Waals surface area contributed by atoms with Crippen molar-refractivity contribution in [2.75, 3.05) is 21.3 Å². The average molecular weight is 458 g/mol. The summed E-state index contributed by atoms with van der Waals surface area (Å²) < 4.78 is 15.8. The van der Waals surface area contributed by atoms with Gasteiger partial charge >= 0.3 is 5.97 Å². The minimum atomic E-state index is -1.48. The summed E-state index contributed by atoms with van der Waals surface area (Å²) in [6, 6.07) is 24.0. The smallest absolute Gasteiger partial charge is 0.327 e. The highest BCUT2D eigenvalue weighted by Gasteiger charge is 2.65. The van der Waals surface area contributed by atoms with Gasteiger partial charge in [0.2, 0.25) is 5.91 Å². The molecule has 0 bridgehead atoms. The highest BCUT2D eigenvalue weighted by atomic mass is 16.5. The van der Waals surface area contributed by atoms with Gasteiger partial charge in [-0.1, -0.05) is 72.8 Å². The average Bonchev–Trinajstić information content (AvgIpc) is 2.90. The Morgan fingerprint density at radius 3 is 2.24 bits per heavy atom. The molecular weight excluding hydrogens is 430 g/mol. The quantitative estimate of drug-likeness (QED) is 0.280. The maximum absolute atomic E-state index is 13.7. The van der Waals surface area contributed by atoms with Crippen LogP contribution in [0.2, 0.25) is 0 Å². The molecule has 1 aliphatic rings. The summed E-state index contributed by atoms with van der Waals surface area (Å²) in [5, 5.41) is 0. The SMILES string of the molecule is COC(=O)[C@]1(/C=C/c2ccccc2OC)C(=O)N(Cc2ccc(OC)cc2)[C@@H]1c1ccccc1. The summed E-state index contributed by atoms with van der Waals surface area (Å²) in [6.45, 7) is 0.351. The fourth-order valence-corrected chi connectivity index (χ4v) is 4.44.